The Morgan fingerprint density at radius 3 is 2.55 bits per heavy atom. The van der Waals surface area contributed by atoms with Gasteiger partial charge in [0.2, 0.25) is 0 Å². The summed E-state index contributed by atoms with van der Waals surface area (Å²) in [5, 5.41) is 8.25. The van der Waals surface area contributed by atoms with Crippen LogP contribution >= 0.6 is 0 Å². The van der Waals surface area contributed by atoms with Gasteiger partial charge in [0.05, 0.1) is 18.4 Å². The van der Waals surface area contributed by atoms with Crippen molar-refractivity contribution in [3.05, 3.63) is 59.7 Å². The Labute approximate surface area is 182 Å². The fourth-order valence-corrected chi connectivity index (χ4v) is 3.79. The number of nitrogens with one attached hydrogen (secondary N) is 3. The van der Waals surface area contributed by atoms with E-state index in [1.165, 1.54) is 0 Å². The highest BCUT2D eigenvalue weighted by Gasteiger charge is 2.26. The first-order valence-corrected chi connectivity index (χ1v) is 10.6. The maximum absolute atomic E-state index is 12.7. The lowest BCUT2D eigenvalue weighted by Gasteiger charge is -2.29. The molecular formula is C24H29N3O4. The average molecular weight is 424 g/mol. The molecule has 2 aromatic rings. The van der Waals surface area contributed by atoms with Crippen molar-refractivity contribution in [2.75, 3.05) is 12.4 Å². The van der Waals surface area contributed by atoms with E-state index in [0.29, 0.717) is 23.9 Å². The van der Waals surface area contributed by atoms with Crippen LogP contribution in [-0.2, 0) is 16.1 Å². The summed E-state index contributed by atoms with van der Waals surface area (Å²) in [5.41, 5.74) is 1.47. The number of rotatable bonds is 6. The third kappa shape index (κ3) is 6.07. The molecule has 3 N–H and O–H groups in total. The largest absolute Gasteiger partial charge is 0.497 e. The van der Waals surface area contributed by atoms with Gasteiger partial charge in [-0.05, 0) is 48.6 Å². The fraction of sp³-hybridized carbons (Fsp3) is 0.375. The van der Waals surface area contributed by atoms with Crippen LogP contribution < -0.4 is 20.7 Å². The molecule has 3 rings (SSSR count). The molecule has 7 heteroatoms. The fourth-order valence-electron chi connectivity index (χ4n) is 3.79. The number of hydrogen-bond acceptors (Lipinski definition) is 4. The summed E-state index contributed by atoms with van der Waals surface area (Å²) in [6.45, 7) is 2.39. The number of carbonyl (C=O) groups excluding carboxylic acids is 3. The van der Waals surface area contributed by atoms with E-state index < -0.39 is 11.8 Å². The lowest BCUT2D eigenvalue weighted by molar-refractivity contribution is -0.137. The van der Waals surface area contributed by atoms with E-state index in [1.807, 2.05) is 24.3 Å². The Hall–Kier alpha value is -3.35. The number of ether oxygens (including phenoxy) is 1. The Morgan fingerprint density at radius 1 is 1.00 bits per heavy atom. The number of methoxy groups -OCH3 is 1. The van der Waals surface area contributed by atoms with Crippen molar-refractivity contribution >= 4 is 23.4 Å². The molecule has 0 heterocycles. The van der Waals surface area contributed by atoms with E-state index in [0.717, 1.165) is 31.2 Å². The van der Waals surface area contributed by atoms with Gasteiger partial charge in [-0.25, -0.2) is 0 Å². The van der Waals surface area contributed by atoms with Crippen molar-refractivity contribution in [2.45, 2.75) is 45.2 Å². The first kappa shape index (κ1) is 22.3. The molecule has 0 saturated heterocycles. The van der Waals surface area contributed by atoms with Crippen LogP contribution in [-0.4, -0.2) is 30.9 Å². The SMILES string of the molecule is COc1cccc(CNC(=O)c2ccccc2NC(=O)C(=O)N[C@H]2CCCC[C@@H]2C)c1. The maximum atomic E-state index is 12.7. The van der Waals surface area contributed by atoms with Crippen LogP contribution in [0.4, 0.5) is 5.69 Å². The van der Waals surface area contributed by atoms with Crippen molar-refractivity contribution in [1.29, 1.82) is 0 Å². The molecule has 1 fully saturated rings. The van der Waals surface area contributed by atoms with E-state index in [-0.39, 0.29) is 17.5 Å². The number of benzene rings is 2. The van der Waals surface area contributed by atoms with Crippen molar-refractivity contribution in [3.63, 3.8) is 0 Å². The van der Waals surface area contributed by atoms with Gasteiger partial charge in [0.25, 0.3) is 5.91 Å². The van der Waals surface area contributed by atoms with Gasteiger partial charge in [-0.2, -0.15) is 0 Å². The van der Waals surface area contributed by atoms with Crippen LogP contribution in [0.2, 0.25) is 0 Å². The molecule has 0 unspecified atom stereocenters. The molecule has 0 bridgehead atoms. The summed E-state index contributed by atoms with van der Waals surface area (Å²) in [4.78, 5) is 37.5. The average Bonchev–Trinajstić information content (AvgIpc) is 2.79. The second-order valence-electron chi connectivity index (χ2n) is 7.88. The summed E-state index contributed by atoms with van der Waals surface area (Å²) in [6, 6.07) is 14.0. The van der Waals surface area contributed by atoms with Crippen molar-refractivity contribution in [2.24, 2.45) is 5.92 Å². The van der Waals surface area contributed by atoms with Gasteiger partial charge >= 0.3 is 11.8 Å². The molecule has 2 aromatic carbocycles. The van der Waals surface area contributed by atoms with Gasteiger partial charge in [0.15, 0.2) is 0 Å². The number of hydrogen-bond donors (Lipinski definition) is 3. The second-order valence-corrected chi connectivity index (χ2v) is 7.88. The second kappa shape index (κ2) is 10.6. The van der Waals surface area contributed by atoms with Gasteiger partial charge in [0, 0.05) is 12.6 Å². The normalized spacial score (nSPS) is 18.0. The number of anilines is 1. The highest BCUT2D eigenvalue weighted by Crippen LogP contribution is 2.23. The number of carbonyl (C=O) groups is 3. The predicted molar refractivity (Wildman–Crippen MR) is 119 cm³/mol. The molecule has 0 aliphatic heterocycles. The Bertz CT molecular complexity index is 944. The minimum Gasteiger partial charge on any atom is -0.497 e. The van der Waals surface area contributed by atoms with E-state index in [9.17, 15) is 14.4 Å². The molecule has 0 aromatic heterocycles. The zero-order valence-electron chi connectivity index (χ0n) is 17.9. The molecule has 31 heavy (non-hydrogen) atoms. The molecule has 3 amide bonds. The summed E-state index contributed by atoms with van der Waals surface area (Å²) in [7, 11) is 1.59. The lowest BCUT2D eigenvalue weighted by Crippen LogP contribution is -2.46. The molecule has 2 atom stereocenters. The quantitative estimate of drug-likeness (QED) is 0.622. The topological polar surface area (TPSA) is 96.5 Å². The Kier molecular flexibility index (Phi) is 7.65. The standard InChI is InChI=1S/C24H29N3O4/c1-16-8-3-5-12-20(16)26-23(29)24(30)27-21-13-6-4-11-19(21)22(28)25-15-17-9-7-10-18(14-17)31-2/h4,6-7,9-11,13-14,16,20H,3,5,8,12,15H2,1-2H3,(H,25,28)(H,26,29)(H,27,30)/t16-,20-/m0/s1. The van der Waals surface area contributed by atoms with Crippen LogP contribution in [0.5, 0.6) is 5.75 Å². The summed E-state index contributed by atoms with van der Waals surface area (Å²) >= 11 is 0. The molecule has 0 radical (unpaired) electrons. The molecular weight excluding hydrogens is 394 g/mol. The van der Waals surface area contributed by atoms with Crippen LogP contribution in [0.3, 0.4) is 0 Å². The maximum Gasteiger partial charge on any atom is 0.313 e. The van der Waals surface area contributed by atoms with Crippen LogP contribution in [0.15, 0.2) is 48.5 Å². The van der Waals surface area contributed by atoms with Crippen LogP contribution in [0.25, 0.3) is 0 Å². The minimum absolute atomic E-state index is 0.00778. The summed E-state index contributed by atoms with van der Waals surface area (Å²) in [6.07, 6.45) is 4.12. The van der Waals surface area contributed by atoms with Crippen molar-refractivity contribution in [1.82, 2.24) is 10.6 Å². The third-order valence-corrected chi connectivity index (χ3v) is 5.64. The van der Waals surface area contributed by atoms with Crippen LogP contribution in [0.1, 0.15) is 48.5 Å². The zero-order valence-corrected chi connectivity index (χ0v) is 17.9. The van der Waals surface area contributed by atoms with E-state index in [1.54, 1.807) is 31.4 Å². The Morgan fingerprint density at radius 2 is 1.77 bits per heavy atom. The molecule has 1 aliphatic rings. The number of para-hydroxylation sites is 1. The summed E-state index contributed by atoms with van der Waals surface area (Å²) in [5.74, 6) is -0.742. The van der Waals surface area contributed by atoms with Gasteiger partial charge in [-0.1, -0.05) is 44.0 Å². The molecule has 164 valence electrons. The molecule has 0 spiro atoms. The smallest absolute Gasteiger partial charge is 0.313 e. The van der Waals surface area contributed by atoms with E-state index in [4.69, 9.17) is 4.74 Å². The number of amides is 3. The minimum atomic E-state index is -0.772. The van der Waals surface area contributed by atoms with Gasteiger partial charge in [-0.15, -0.1) is 0 Å². The monoisotopic (exact) mass is 423 g/mol. The van der Waals surface area contributed by atoms with Gasteiger partial charge in [0.1, 0.15) is 5.75 Å². The first-order chi connectivity index (χ1) is 15.0. The van der Waals surface area contributed by atoms with Crippen LogP contribution in [0, 0.1) is 5.92 Å². The van der Waals surface area contributed by atoms with Gasteiger partial charge in [-0.3, -0.25) is 14.4 Å². The van der Waals surface area contributed by atoms with E-state index >= 15 is 0 Å². The van der Waals surface area contributed by atoms with Gasteiger partial charge < -0.3 is 20.7 Å². The van der Waals surface area contributed by atoms with E-state index in [2.05, 4.69) is 22.9 Å². The highest BCUT2D eigenvalue weighted by atomic mass is 16.5. The first-order valence-electron chi connectivity index (χ1n) is 10.6. The zero-order chi connectivity index (χ0) is 22.2. The summed E-state index contributed by atoms with van der Waals surface area (Å²) < 4.78 is 5.19. The van der Waals surface area contributed by atoms with Crippen molar-refractivity contribution < 1.29 is 19.1 Å². The predicted octanol–water partition coefficient (Wildman–Crippen LogP) is 3.26. The molecule has 1 aliphatic carbocycles. The highest BCUT2D eigenvalue weighted by molar-refractivity contribution is 6.40. The lowest BCUT2D eigenvalue weighted by atomic mass is 9.86. The third-order valence-electron chi connectivity index (χ3n) is 5.64. The molecule has 7 nitrogen and oxygen atoms in total. The Balaban J connectivity index is 1.61. The molecule has 1 saturated carbocycles. The van der Waals surface area contributed by atoms with Crippen molar-refractivity contribution in [3.8, 4) is 5.75 Å².